The smallest absolute Gasteiger partial charge is 0.224 e. The summed E-state index contributed by atoms with van der Waals surface area (Å²) in [5, 5.41) is 1.70. The van der Waals surface area contributed by atoms with Gasteiger partial charge in [0.15, 0.2) is 5.37 Å². The van der Waals surface area contributed by atoms with Crippen LogP contribution >= 0.6 is 0 Å². The van der Waals surface area contributed by atoms with Gasteiger partial charge in [-0.1, -0.05) is 49.1 Å². The van der Waals surface area contributed by atoms with Crippen molar-refractivity contribution in [2.24, 2.45) is 5.92 Å². The number of methoxy groups -OCH3 is 1. The molecule has 1 saturated carbocycles. The highest BCUT2D eigenvalue weighted by molar-refractivity contribution is 7.91. The summed E-state index contributed by atoms with van der Waals surface area (Å²) in [5.41, 5.74) is 1.50. The second kappa shape index (κ2) is 8.78. The zero-order valence-corrected chi connectivity index (χ0v) is 17.2. The molecule has 3 rings (SSSR count). The van der Waals surface area contributed by atoms with Gasteiger partial charge in [-0.05, 0) is 49.6 Å². The number of benzene rings is 2. The molecule has 1 fully saturated rings. The molecule has 6 heteroatoms. The van der Waals surface area contributed by atoms with Crippen molar-refractivity contribution in [2.45, 2.75) is 49.3 Å². The highest BCUT2D eigenvalue weighted by atomic mass is 32.2. The molecule has 28 heavy (non-hydrogen) atoms. The topological polar surface area (TPSA) is 72.5 Å². The Kier molecular flexibility index (Phi) is 6.39. The van der Waals surface area contributed by atoms with E-state index in [0.29, 0.717) is 11.3 Å². The Morgan fingerprint density at radius 1 is 1.00 bits per heavy atom. The van der Waals surface area contributed by atoms with Gasteiger partial charge in [0.1, 0.15) is 5.75 Å². The van der Waals surface area contributed by atoms with Gasteiger partial charge >= 0.3 is 0 Å². The van der Waals surface area contributed by atoms with Gasteiger partial charge in [0.05, 0.1) is 12.0 Å². The van der Waals surface area contributed by atoms with Gasteiger partial charge in [0.2, 0.25) is 15.7 Å². The van der Waals surface area contributed by atoms with Crippen molar-refractivity contribution in [3.63, 3.8) is 0 Å². The molecule has 0 saturated heterocycles. The molecular weight excluding hydrogens is 374 g/mol. The summed E-state index contributed by atoms with van der Waals surface area (Å²) < 4.78 is 31.9. The highest BCUT2D eigenvalue weighted by Gasteiger charge is 2.33. The molecule has 1 amide bonds. The number of carbonyl (C=O) groups excluding carboxylic acids is 1. The first-order chi connectivity index (χ1) is 13.4. The summed E-state index contributed by atoms with van der Waals surface area (Å²) in [5.74, 6) is 0.327. The van der Waals surface area contributed by atoms with Crippen molar-refractivity contribution < 1.29 is 17.9 Å². The lowest BCUT2D eigenvalue weighted by atomic mass is 9.88. The fourth-order valence-corrected chi connectivity index (χ4v) is 5.17. The van der Waals surface area contributed by atoms with Crippen LogP contribution in [0.5, 0.6) is 5.75 Å². The minimum atomic E-state index is -3.80. The fourth-order valence-electron chi connectivity index (χ4n) is 3.59. The largest absolute Gasteiger partial charge is 0.497 e. The van der Waals surface area contributed by atoms with E-state index in [1.807, 2.05) is 6.92 Å². The standard InChI is InChI=1S/C22H27NO4S/c1-16-8-14-20(15-9-16)28(25,26)22(18-10-12-19(27-2)13-11-18)23-21(24)17-6-4-3-5-7-17/h8-15,17,22H,3-7H2,1-2H3,(H,23,24). The Bertz CT molecular complexity index is 899. The van der Waals surface area contributed by atoms with E-state index in [-0.39, 0.29) is 16.7 Å². The lowest BCUT2D eigenvalue weighted by molar-refractivity contribution is -0.126. The number of hydrogen-bond acceptors (Lipinski definition) is 4. The molecule has 0 spiro atoms. The maximum Gasteiger partial charge on any atom is 0.224 e. The van der Waals surface area contributed by atoms with Crippen LogP contribution in [0.3, 0.4) is 0 Å². The van der Waals surface area contributed by atoms with Gasteiger partial charge in [-0.15, -0.1) is 0 Å². The third kappa shape index (κ3) is 4.55. The molecule has 1 atom stereocenters. The Morgan fingerprint density at radius 3 is 2.18 bits per heavy atom. The van der Waals surface area contributed by atoms with E-state index < -0.39 is 15.2 Å². The van der Waals surface area contributed by atoms with E-state index in [1.54, 1.807) is 55.6 Å². The van der Waals surface area contributed by atoms with Gasteiger partial charge in [-0.25, -0.2) is 8.42 Å². The minimum Gasteiger partial charge on any atom is -0.497 e. The molecule has 1 aliphatic carbocycles. The van der Waals surface area contributed by atoms with Crippen LogP contribution in [0.4, 0.5) is 0 Å². The molecule has 1 aliphatic rings. The van der Waals surface area contributed by atoms with Gasteiger partial charge in [-0.3, -0.25) is 4.79 Å². The predicted molar refractivity (Wildman–Crippen MR) is 109 cm³/mol. The number of rotatable bonds is 6. The number of sulfone groups is 1. The SMILES string of the molecule is COc1ccc(C(NC(=O)C2CCCCC2)S(=O)(=O)c2ccc(C)cc2)cc1. The van der Waals surface area contributed by atoms with Gasteiger partial charge in [0.25, 0.3) is 0 Å². The molecule has 5 nitrogen and oxygen atoms in total. The van der Waals surface area contributed by atoms with Crippen LogP contribution in [0.15, 0.2) is 53.4 Å². The number of aryl methyl sites for hydroxylation is 1. The summed E-state index contributed by atoms with van der Waals surface area (Å²) in [6, 6.07) is 13.5. The number of carbonyl (C=O) groups is 1. The Labute approximate surface area is 167 Å². The number of nitrogens with one attached hydrogen (secondary N) is 1. The van der Waals surface area contributed by atoms with Gasteiger partial charge in [0, 0.05) is 5.92 Å². The van der Waals surface area contributed by atoms with Crippen molar-refractivity contribution in [1.29, 1.82) is 0 Å². The van der Waals surface area contributed by atoms with E-state index >= 15 is 0 Å². The lowest BCUT2D eigenvalue weighted by Crippen LogP contribution is -2.38. The molecule has 1 N–H and O–H groups in total. The van der Waals surface area contributed by atoms with Crippen molar-refractivity contribution >= 4 is 15.7 Å². The average Bonchev–Trinajstić information content (AvgIpc) is 2.73. The molecule has 150 valence electrons. The summed E-state index contributed by atoms with van der Waals surface area (Å²) in [6.07, 6.45) is 4.77. The molecule has 0 aliphatic heterocycles. The van der Waals surface area contributed by atoms with E-state index in [9.17, 15) is 13.2 Å². The first-order valence-corrected chi connectivity index (χ1v) is 11.2. The maximum absolute atomic E-state index is 13.4. The summed E-state index contributed by atoms with van der Waals surface area (Å²) in [6.45, 7) is 1.90. The summed E-state index contributed by atoms with van der Waals surface area (Å²) >= 11 is 0. The first kappa shape index (κ1) is 20.4. The van der Waals surface area contributed by atoms with Crippen molar-refractivity contribution in [1.82, 2.24) is 5.32 Å². The minimum absolute atomic E-state index is 0.122. The first-order valence-electron chi connectivity index (χ1n) is 9.66. The molecule has 1 unspecified atom stereocenters. The molecule has 0 bridgehead atoms. The molecule has 0 radical (unpaired) electrons. The predicted octanol–water partition coefficient (Wildman–Crippen LogP) is 4.17. The fraction of sp³-hybridized carbons (Fsp3) is 0.409. The quantitative estimate of drug-likeness (QED) is 0.788. The zero-order chi connectivity index (χ0) is 20.1. The van der Waals surface area contributed by atoms with Crippen LogP contribution in [0.25, 0.3) is 0 Å². The van der Waals surface area contributed by atoms with Gasteiger partial charge in [-0.2, -0.15) is 0 Å². The average molecular weight is 402 g/mol. The van der Waals surface area contributed by atoms with E-state index in [2.05, 4.69) is 5.32 Å². The Morgan fingerprint density at radius 2 is 1.61 bits per heavy atom. The van der Waals surface area contributed by atoms with Crippen LogP contribution in [-0.4, -0.2) is 21.4 Å². The van der Waals surface area contributed by atoms with Crippen LogP contribution in [0, 0.1) is 12.8 Å². The zero-order valence-electron chi connectivity index (χ0n) is 16.4. The molecule has 2 aromatic carbocycles. The van der Waals surface area contributed by atoms with Crippen LogP contribution < -0.4 is 10.1 Å². The monoisotopic (exact) mass is 401 g/mol. The lowest BCUT2D eigenvalue weighted by Gasteiger charge is -2.25. The van der Waals surface area contributed by atoms with Crippen molar-refractivity contribution in [3.05, 3.63) is 59.7 Å². The van der Waals surface area contributed by atoms with Crippen LogP contribution in [0.2, 0.25) is 0 Å². The van der Waals surface area contributed by atoms with E-state index in [1.165, 1.54) is 0 Å². The molecule has 0 aromatic heterocycles. The van der Waals surface area contributed by atoms with E-state index in [4.69, 9.17) is 4.74 Å². The normalized spacial score (nSPS) is 16.4. The maximum atomic E-state index is 13.4. The van der Waals surface area contributed by atoms with E-state index in [0.717, 1.165) is 37.7 Å². The van der Waals surface area contributed by atoms with Gasteiger partial charge < -0.3 is 10.1 Å². The van der Waals surface area contributed by atoms with Crippen molar-refractivity contribution in [3.8, 4) is 5.75 Å². The third-order valence-electron chi connectivity index (χ3n) is 5.33. The van der Waals surface area contributed by atoms with Crippen LogP contribution in [0.1, 0.15) is 48.6 Å². The Balaban J connectivity index is 1.95. The second-order valence-electron chi connectivity index (χ2n) is 7.35. The number of ether oxygens (including phenoxy) is 1. The Hall–Kier alpha value is -2.34. The third-order valence-corrected chi connectivity index (χ3v) is 7.27. The summed E-state index contributed by atoms with van der Waals surface area (Å²) in [7, 11) is -2.24. The number of hydrogen-bond donors (Lipinski definition) is 1. The second-order valence-corrected chi connectivity index (χ2v) is 9.39. The molecule has 2 aromatic rings. The molecular formula is C22H27NO4S. The molecule has 0 heterocycles. The highest BCUT2D eigenvalue weighted by Crippen LogP contribution is 2.30. The van der Waals surface area contributed by atoms with Crippen molar-refractivity contribution in [2.75, 3.05) is 7.11 Å². The number of amides is 1. The summed E-state index contributed by atoms with van der Waals surface area (Å²) in [4.78, 5) is 13.0. The van der Waals surface area contributed by atoms with Crippen LogP contribution in [-0.2, 0) is 14.6 Å².